The van der Waals surface area contributed by atoms with Crippen molar-refractivity contribution in [1.82, 2.24) is 9.88 Å². The standard InChI is InChI=1S/C15H18N4O2S2/c1-10-3-8-22-12(10)14(21)18-4-2-5-19(7-6-18)15-17-11(9-23-15)13(16)20/h3,8-9H,2,4-7H2,1H3,(H2,16,20). The number of thiophene rings is 1. The van der Waals surface area contributed by atoms with Crippen molar-refractivity contribution in [3.8, 4) is 0 Å². The molecule has 6 nitrogen and oxygen atoms in total. The van der Waals surface area contributed by atoms with Crippen LogP contribution in [0.5, 0.6) is 0 Å². The maximum Gasteiger partial charge on any atom is 0.268 e. The van der Waals surface area contributed by atoms with Gasteiger partial charge < -0.3 is 15.5 Å². The normalized spacial score (nSPS) is 15.5. The smallest absolute Gasteiger partial charge is 0.268 e. The van der Waals surface area contributed by atoms with E-state index in [4.69, 9.17) is 5.73 Å². The molecule has 0 saturated carbocycles. The van der Waals surface area contributed by atoms with Gasteiger partial charge >= 0.3 is 0 Å². The molecule has 3 rings (SSSR count). The molecule has 0 atom stereocenters. The number of aryl methyl sites for hydroxylation is 1. The van der Waals surface area contributed by atoms with Gasteiger partial charge in [0.25, 0.3) is 11.8 Å². The zero-order valence-corrected chi connectivity index (χ0v) is 14.5. The Hall–Kier alpha value is -1.93. The molecule has 1 fully saturated rings. The van der Waals surface area contributed by atoms with Crippen molar-refractivity contribution in [3.05, 3.63) is 33.0 Å². The van der Waals surface area contributed by atoms with Crippen LogP contribution in [0.15, 0.2) is 16.8 Å². The Kier molecular flexibility index (Phi) is 4.63. The molecule has 1 aliphatic rings. The Morgan fingerprint density at radius 3 is 2.70 bits per heavy atom. The Bertz CT molecular complexity index is 725. The number of primary amides is 1. The van der Waals surface area contributed by atoms with Gasteiger partial charge in [-0.05, 0) is 30.4 Å². The van der Waals surface area contributed by atoms with Crippen LogP contribution in [0.2, 0.25) is 0 Å². The highest BCUT2D eigenvalue weighted by atomic mass is 32.1. The number of aromatic nitrogens is 1. The lowest BCUT2D eigenvalue weighted by molar-refractivity contribution is 0.0771. The summed E-state index contributed by atoms with van der Waals surface area (Å²) in [6.45, 7) is 4.89. The van der Waals surface area contributed by atoms with Gasteiger partial charge in [0, 0.05) is 31.6 Å². The van der Waals surface area contributed by atoms with Gasteiger partial charge in [0.1, 0.15) is 5.69 Å². The number of amides is 2. The average molecular weight is 350 g/mol. The molecule has 8 heteroatoms. The van der Waals surface area contributed by atoms with Crippen molar-refractivity contribution in [2.45, 2.75) is 13.3 Å². The Balaban J connectivity index is 1.68. The summed E-state index contributed by atoms with van der Waals surface area (Å²) in [5, 5.41) is 4.43. The lowest BCUT2D eigenvalue weighted by Crippen LogP contribution is -2.35. The monoisotopic (exact) mass is 350 g/mol. The zero-order chi connectivity index (χ0) is 16.4. The van der Waals surface area contributed by atoms with Crippen LogP contribution in [-0.2, 0) is 0 Å². The van der Waals surface area contributed by atoms with Crippen molar-refractivity contribution in [2.24, 2.45) is 5.73 Å². The first-order valence-electron chi connectivity index (χ1n) is 7.40. The molecule has 2 N–H and O–H groups in total. The summed E-state index contributed by atoms with van der Waals surface area (Å²) >= 11 is 2.91. The molecular formula is C15H18N4O2S2. The summed E-state index contributed by atoms with van der Waals surface area (Å²) < 4.78 is 0. The number of hydrogen-bond acceptors (Lipinski definition) is 6. The lowest BCUT2D eigenvalue weighted by atomic mass is 10.2. The van der Waals surface area contributed by atoms with Gasteiger partial charge in [-0.3, -0.25) is 9.59 Å². The fourth-order valence-electron chi connectivity index (χ4n) is 2.57. The highest BCUT2D eigenvalue weighted by molar-refractivity contribution is 7.14. The lowest BCUT2D eigenvalue weighted by Gasteiger charge is -2.21. The molecule has 23 heavy (non-hydrogen) atoms. The summed E-state index contributed by atoms with van der Waals surface area (Å²) in [5.41, 5.74) is 6.59. The predicted octanol–water partition coefficient (Wildman–Crippen LogP) is 1.96. The molecule has 2 aromatic heterocycles. The predicted molar refractivity (Wildman–Crippen MR) is 92.4 cm³/mol. The van der Waals surface area contributed by atoms with Gasteiger partial charge in [-0.1, -0.05) is 0 Å². The van der Waals surface area contributed by atoms with E-state index in [1.165, 1.54) is 22.7 Å². The third kappa shape index (κ3) is 3.37. The van der Waals surface area contributed by atoms with Crippen LogP contribution >= 0.6 is 22.7 Å². The molecule has 1 saturated heterocycles. The van der Waals surface area contributed by atoms with Crippen LogP contribution < -0.4 is 10.6 Å². The highest BCUT2D eigenvalue weighted by Crippen LogP contribution is 2.23. The topological polar surface area (TPSA) is 79.5 Å². The molecule has 1 aliphatic heterocycles. The number of rotatable bonds is 3. The number of anilines is 1. The van der Waals surface area contributed by atoms with Crippen LogP contribution in [0.1, 0.15) is 32.1 Å². The molecule has 0 aliphatic carbocycles. The first-order valence-corrected chi connectivity index (χ1v) is 9.16. The van der Waals surface area contributed by atoms with Crippen molar-refractivity contribution in [2.75, 3.05) is 31.1 Å². The minimum atomic E-state index is -0.507. The largest absolute Gasteiger partial charge is 0.364 e. The maximum absolute atomic E-state index is 12.6. The fraction of sp³-hybridized carbons (Fsp3) is 0.400. The van der Waals surface area contributed by atoms with Crippen molar-refractivity contribution < 1.29 is 9.59 Å². The van der Waals surface area contributed by atoms with Gasteiger partial charge in [0.15, 0.2) is 5.13 Å². The molecule has 2 amide bonds. The van der Waals surface area contributed by atoms with Gasteiger partial charge in [-0.2, -0.15) is 0 Å². The van der Waals surface area contributed by atoms with E-state index in [1.54, 1.807) is 5.38 Å². The summed E-state index contributed by atoms with van der Waals surface area (Å²) in [6.07, 6.45) is 0.877. The van der Waals surface area contributed by atoms with E-state index in [-0.39, 0.29) is 5.91 Å². The van der Waals surface area contributed by atoms with Crippen molar-refractivity contribution in [1.29, 1.82) is 0 Å². The number of thiazole rings is 1. The molecule has 0 spiro atoms. The number of nitrogens with two attached hydrogens (primary N) is 1. The second kappa shape index (κ2) is 6.67. The summed E-state index contributed by atoms with van der Waals surface area (Å²) in [4.78, 5) is 32.9. The minimum Gasteiger partial charge on any atom is -0.364 e. The molecule has 0 bridgehead atoms. The number of nitrogens with zero attached hydrogens (tertiary/aromatic N) is 3. The number of carbonyl (C=O) groups excluding carboxylic acids is 2. The Morgan fingerprint density at radius 1 is 1.22 bits per heavy atom. The van der Waals surface area contributed by atoms with E-state index in [1.807, 2.05) is 23.3 Å². The van der Waals surface area contributed by atoms with Crippen LogP contribution in [0.4, 0.5) is 5.13 Å². The second-order valence-electron chi connectivity index (χ2n) is 5.45. The van der Waals surface area contributed by atoms with E-state index >= 15 is 0 Å². The summed E-state index contributed by atoms with van der Waals surface area (Å²) in [7, 11) is 0. The molecule has 0 aromatic carbocycles. The molecule has 2 aromatic rings. The van der Waals surface area contributed by atoms with Gasteiger partial charge in [-0.15, -0.1) is 22.7 Å². The third-order valence-electron chi connectivity index (χ3n) is 3.85. The molecule has 122 valence electrons. The van der Waals surface area contributed by atoms with Gasteiger partial charge in [-0.25, -0.2) is 4.98 Å². The minimum absolute atomic E-state index is 0.108. The fourth-order valence-corrected chi connectivity index (χ4v) is 4.33. The van der Waals surface area contributed by atoms with E-state index in [2.05, 4.69) is 9.88 Å². The van der Waals surface area contributed by atoms with Crippen LogP contribution in [-0.4, -0.2) is 47.9 Å². The zero-order valence-electron chi connectivity index (χ0n) is 12.8. The van der Waals surface area contributed by atoms with E-state index in [9.17, 15) is 9.59 Å². The first kappa shape index (κ1) is 15.9. The van der Waals surface area contributed by atoms with Gasteiger partial charge in [0.2, 0.25) is 0 Å². The SMILES string of the molecule is Cc1ccsc1C(=O)N1CCCN(c2nc(C(N)=O)cs2)CC1. The Labute approximate surface area is 142 Å². The summed E-state index contributed by atoms with van der Waals surface area (Å²) in [6, 6.07) is 1.98. The molecule has 0 unspecified atom stereocenters. The first-order chi connectivity index (χ1) is 11.1. The summed E-state index contributed by atoms with van der Waals surface area (Å²) in [5.74, 6) is -0.399. The molecule has 0 radical (unpaired) electrons. The quantitative estimate of drug-likeness (QED) is 0.918. The van der Waals surface area contributed by atoms with Crippen LogP contribution in [0, 0.1) is 6.92 Å². The molecule has 3 heterocycles. The van der Waals surface area contributed by atoms with E-state index in [0.717, 1.165) is 35.1 Å². The number of carbonyl (C=O) groups is 2. The highest BCUT2D eigenvalue weighted by Gasteiger charge is 2.23. The second-order valence-corrected chi connectivity index (χ2v) is 7.20. The van der Waals surface area contributed by atoms with E-state index in [0.29, 0.717) is 18.8 Å². The van der Waals surface area contributed by atoms with Crippen molar-refractivity contribution in [3.63, 3.8) is 0 Å². The number of hydrogen-bond donors (Lipinski definition) is 1. The van der Waals surface area contributed by atoms with Crippen LogP contribution in [0.3, 0.4) is 0 Å². The Morgan fingerprint density at radius 2 is 2.04 bits per heavy atom. The average Bonchev–Trinajstić information content (AvgIpc) is 3.10. The van der Waals surface area contributed by atoms with Crippen LogP contribution in [0.25, 0.3) is 0 Å². The third-order valence-corrected chi connectivity index (χ3v) is 5.76. The maximum atomic E-state index is 12.6. The van der Waals surface area contributed by atoms with Gasteiger partial charge in [0.05, 0.1) is 4.88 Å². The molecular weight excluding hydrogens is 332 g/mol. The van der Waals surface area contributed by atoms with E-state index < -0.39 is 5.91 Å². The van der Waals surface area contributed by atoms with Crippen molar-refractivity contribution >= 4 is 39.6 Å².